The van der Waals surface area contributed by atoms with E-state index >= 15 is 0 Å². The monoisotopic (exact) mass is 391 g/mol. The first kappa shape index (κ1) is 17.6. The maximum Gasteiger partial charge on any atom is 0.233 e. The first-order valence-electron chi connectivity index (χ1n) is 9.74. The number of carbonyl (C=O) groups excluding carboxylic acids is 1. The van der Waals surface area contributed by atoms with Crippen molar-refractivity contribution in [1.29, 1.82) is 0 Å². The summed E-state index contributed by atoms with van der Waals surface area (Å²) in [6, 6.07) is 15.5. The maximum absolute atomic E-state index is 13.6. The number of aromatic nitrogens is 2. The largest absolute Gasteiger partial charge is 0.351 e. The molecule has 0 saturated heterocycles. The summed E-state index contributed by atoms with van der Waals surface area (Å²) in [7, 11) is 0. The number of halogens is 1. The van der Waals surface area contributed by atoms with Gasteiger partial charge in [-0.25, -0.2) is 9.97 Å². The molecule has 28 heavy (non-hydrogen) atoms. The molecular weight excluding hydrogens is 370 g/mol. The Hall–Kier alpha value is -2.46. The van der Waals surface area contributed by atoms with Crippen LogP contribution in [0.2, 0.25) is 5.02 Å². The van der Waals surface area contributed by atoms with Gasteiger partial charge >= 0.3 is 0 Å². The summed E-state index contributed by atoms with van der Waals surface area (Å²) in [5, 5.41) is 3.82. The van der Waals surface area contributed by atoms with E-state index in [9.17, 15) is 4.79 Å². The van der Waals surface area contributed by atoms with Gasteiger partial charge in [0.25, 0.3) is 0 Å². The second-order valence-electron chi connectivity index (χ2n) is 8.44. The van der Waals surface area contributed by atoms with Crippen LogP contribution in [0, 0.1) is 5.41 Å². The highest BCUT2D eigenvalue weighted by Gasteiger charge is 2.67. The summed E-state index contributed by atoms with van der Waals surface area (Å²) < 4.78 is 0. The molecule has 1 aromatic heterocycles. The number of nitrogens with zero attached hydrogens (tertiary/aromatic N) is 2. The first-order valence-corrected chi connectivity index (χ1v) is 10.1. The highest BCUT2D eigenvalue weighted by Crippen LogP contribution is 2.67. The van der Waals surface area contributed by atoms with Gasteiger partial charge in [0.1, 0.15) is 0 Å². The molecule has 2 unspecified atom stereocenters. The van der Waals surface area contributed by atoms with Gasteiger partial charge in [-0.3, -0.25) is 4.79 Å². The smallest absolute Gasteiger partial charge is 0.233 e. The summed E-state index contributed by atoms with van der Waals surface area (Å²) in [6.45, 7) is 4.79. The number of rotatable bonds is 3. The molecule has 1 heterocycles. The normalized spacial score (nSPS) is 24.3. The fraction of sp³-hybridized carbons (Fsp3) is 0.348. The van der Waals surface area contributed by atoms with Crippen LogP contribution < -0.4 is 5.32 Å². The van der Waals surface area contributed by atoms with Crippen LogP contribution in [0.15, 0.2) is 48.5 Å². The molecule has 142 valence electrons. The Bertz CT molecular complexity index is 1110. The second kappa shape index (κ2) is 6.02. The fourth-order valence-electron chi connectivity index (χ4n) is 5.30. The summed E-state index contributed by atoms with van der Waals surface area (Å²) in [5.41, 5.74) is 3.66. The zero-order chi connectivity index (χ0) is 19.5. The Kier molecular flexibility index (Phi) is 3.79. The van der Waals surface area contributed by atoms with Gasteiger partial charge in [0.05, 0.1) is 27.8 Å². The molecule has 2 bridgehead atoms. The van der Waals surface area contributed by atoms with E-state index in [0.717, 1.165) is 40.8 Å². The van der Waals surface area contributed by atoms with Gasteiger partial charge in [0.2, 0.25) is 5.91 Å². The van der Waals surface area contributed by atoms with Crippen molar-refractivity contribution >= 4 is 28.5 Å². The van der Waals surface area contributed by atoms with E-state index in [1.807, 2.05) is 48.5 Å². The molecule has 2 aliphatic rings. The maximum atomic E-state index is 13.6. The molecule has 5 heteroatoms. The van der Waals surface area contributed by atoms with Crippen LogP contribution in [0.5, 0.6) is 0 Å². The summed E-state index contributed by atoms with van der Waals surface area (Å²) >= 11 is 6.27. The number of para-hydroxylation sites is 2. The average Bonchev–Trinajstić information content (AvgIpc) is 3.07. The number of benzene rings is 2. The SMILES string of the molecule is CC1(C)C2CCC1(C(=O)NCc1ccccc1Cl)c1nc3ccccc3nc12. The number of nitrogens with one attached hydrogen (secondary N) is 1. The highest BCUT2D eigenvalue weighted by molar-refractivity contribution is 6.31. The predicted molar refractivity (Wildman–Crippen MR) is 110 cm³/mol. The quantitative estimate of drug-likeness (QED) is 0.700. The molecule has 2 atom stereocenters. The van der Waals surface area contributed by atoms with Crippen molar-refractivity contribution in [3.8, 4) is 0 Å². The van der Waals surface area contributed by atoms with Crippen LogP contribution in [-0.2, 0) is 16.8 Å². The number of amides is 1. The van der Waals surface area contributed by atoms with E-state index in [1.54, 1.807) is 0 Å². The third-order valence-electron chi connectivity index (χ3n) is 6.90. The number of fused-ring (bicyclic) bond motifs is 6. The van der Waals surface area contributed by atoms with Gasteiger partial charge < -0.3 is 5.32 Å². The zero-order valence-electron chi connectivity index (χ0n) is 16.0. The summed E-state index contributed by atoms with van der Waals surface area (Å²) in [6.07, 6.45) is 1.77. The van der Waals surface area contributed by atoms with E-state index < -0.39 is 5.41 Å². The second-order valence-corrected chi connectivity index (χ2v) is 8.85. The van der Waals surface area contributed by atoms with Gasteiger partial charge in [0.15, 0.2) is 0 Å². The molecule has 0 aliphatic heterocycles. The van der Waals surface area contributed by atoms with Crippen LogP contribution in [0.3, 0.4) is 0 Å². The van der Waals surface area contributed by atoms with Gasteiger partial charge in [-0.05, 0) is 42.0 Å². The Balaban J connectivity index is 1.57. The Morgan fingerprint density at radius 2 is 1.79 bits per heavy atom. The molecule has 1 fully saturated rings. The van der Waals surface area contributed by atoms with Crippen molar-refractivity contribution in [3.63, 3.8) is 0 Å². The van der Waals surface area contributed by atoms with Crippen LogP contribution >= 0.6 is 11.6 Å². The predicted octanol–water partition coefficient (Wildman–Crippen LogP) is 4.75. The minimum Gasteiger partial charge on any atom is -0.351 e. The van der Waals surface area contributed by atoms with Crippen LogP contribution in [-0.4, -0.2) is 15.9 Å². The van der Waals surface area contributed by atoms with Crippen molar-refractivity contribution in [1.82, 2.24) is 15.3 Å². The van der Waals surface area contributed by atoms with E-state index in [-0.39, 0.29) is 17.2 Å². The number of hydrogen-bond donors (Lipinski definition) is 1. The third-order valence-corrected chi connectivity index (χ3v) is 7.26. The highest BCUT2D eigenvalue weighted by atomic mass is 35.5. The lowest BCUT2D eigenvalue weighted by atomic mass is 9.67. The van der Waals surface area contributed by atoms with E-state index in [2.05, 4.69) is 19.2 Å². The molecule has 0 radical (unpaired) electrons. The van der Waals surface area contributed by atoms with Crippen molar-refractivity contribution in [2.24, 2.45) is 5.41 Å². The van der Waals surface area contributed by atoms with Crippen LogP contribution in [0.1, 0.15) is 49.6 Å². The third kappa shape index (κ3) is 2.21. The topological polar surface area (TPSA) is 54.9 Å². The number of carbonyl (C=O) groups is 1. The standard InChI is InChI=1S/C23H22ClN3O/c1-22(2)15-11-12-23(22,21(28)25-13-14-7-3-4-8-16(14)24)20-19(15)26-17-9-5-6-10-18(17)27-20/h3-10,15H,11-13H2,1-2H3,(H,25,28). The van der Waals surface area contributed by atoms with E-state index in [4.69, 9.17) is 21.6 Å². The molecule has 1 saturated carbocycles. The van der Waals surface area contributed by atoms with Crippen molar-refractivity contribution < 1.29 is 4.79 Å². The molecular formula is C23H22ClN3O. The zero-order valence-corrected chi connectivity index (χ0v) is 16.8. The van der Waals surface area contributed by atoms with Crippen molar-refractivity contribution in [2.45, 2.75) is 44.6 Å². The lowest BCUT2D eigenvalue weighted by Gasteiger charge is -2.36. The molecule has 2 aliphatic carbocycles. The van der Waals surface area contributed by atoms with Gasteiger partial charge in [-0.1, -0.05) is 55.8 Å². The molecule has 5 rings (SSSR count). The molecule has 4 nitrogen and oxygen atoms in total. The molecule has 1 N–H and O–H groups in total. The lowest BCUT2D eigenvalue weighted by molar-refractivity contribution is -0.130. The Morgan fingerprint density at radius 3 is 2.54 bits per heavy atom. The lowest BCUT2D eigenvalue weighted by Crippen LogP contribution is -2.49. The minimum atomic E-state index is -0.648. The Morgan fingerprint density at radius 1 is 1.11 bits per heavy atom. The Labute approximate surface area is 169 Å². The summed E-state index contributed by atoms with van der Waals surface area (Å²) in [4.78, 5) is 23.5. The minimum absolute atomic E-state index is 0.0308. The van der Waals surface area contributed by atoms with E-state index in [0.29, 0.717) is 11.6 Å². The van der Waals surface area contributed by atoms with Gasteiger partial charge in [0, 0.05) is 17.5 Å². The van der Waals surface area contributed by atoms with E-state index in [1.165, 1.54) is 0 Å². The van der Waals surface area contributed by atoms with Crippen LogP contribution in [0.4, 0.5) is 0 Å². The first-order chi connectivity index (χ1) is 13.4. The van der Waals surface area contributed by atoms with Crippen molar-refractivity contribution in [2.75, 3.05) is 0 Å². The van der Waals surface area contributed by atoms with Gasteiger partial charge in [-0.2, -0.15) is 0 Å². The molecule has 0 spiro atoms. The van der Waals surface area contributed by atoms with Crippen molar-refractivity contribution in [3.05, 3.63) is 70.5 Å². The number of hydrogen-bond acceptors (Lipinski definition) is 3. The average molecular weight is 392 g/mol. The summed E-state index contributed by atoms with van der Waals surface area (Å²) in [5.74, 6) is 0.286. The molecule has 2 aromatic carbocycles. The van der Waals surface area contributed by atoms with Gasteiger partial charge in [-0.15, -0.1) is 0 Å². The molecule has 3 aromatic rings. The molecule has 1 amide bonds. The van der Waals surface area contributed by atoms with Crippen LogP contribution in [0.25, 0.3) is 11.0 Å². The fourth-order valence-corrected chi connectivity index (χ4v) is 5.50.